The van der Waals surface area contributed by atoms with Gasteiger partial charge in [-0.3, -0.25) is 9.78 Å². The van der Waals surface area contributed by atoms with Crippen molar-refractivity contribution in [2.75, 3.05) is 13.7 Å². The zero-order chi connectivity index (χ0) is 20.1. The van der Waals surface area contributed by atoms with Gasteiger partial charge < -0.3 is 4.74 Å². The number of rotatable bonds is 7. The van der Waals surface area contributed by atoms with Crippen molar-refractivity contribution >= 4 is 26.9 Å². The van der Waals surface area contributed by atoms with Gasteiger partial charge in [0.25, 0.3) is 0 Å². The molecular formula is C21H22N2O4S. The highest BCUT2D eigenvalue weighted by Crippen LogP contribution is 2.26. The maximum atomic E-state index is 13.5. The van der Waals surface area contributed by atoms with Crippen LogP contribution < -0.4 is 0 Å². The Balaban J connectivity index is 2.03. The van der Waals surface area contributed by atoms with Gasteiger partial charge in [0.05, 0.1) is 19.0 Å². The van der Waals surface area contributed by atoms with Gasteiger partial charge >= 0.3 is 5.97 Å². The van der Waals surface area contributed by atoms with Crippen LogP contribution in [0.3, 0.4) is 0 Å². The van der Waals surface area contributed by atoms with E-state index >= 15 is 0 Å². The Kier molecular flexibility index (Phi) is 6.06. The molecule has 3 rings (SSSR count). The molecule has 0 radical (unpaired) electrons. The number of hydrogen-bond donors (Lipinski definition) is 0. The van der Waals surface area contributed by atoms with E-state index in [4.69, 9.17) is 0 Å². The van der Waals surface area contributed by atoms with Gasteiger partial charge in [-0.05, 0) is 30.2 Å². The average Bonchev–Trinajstić information content (AvgIpc) is 2.70. The predicted octanol–water partition coefficient (Wildman–Crippen LogP) is 3.30. The molecule has 0 atom stereocenters. The molecule has 1 heterocycles. The van der Waals surface area contributed by atoms with Crippen molar-refractivity contribution in [2.24, 2.45) is 0 Å². The van der Waals surface area contributed by atoms with Crippen molar-refractivity contribution in [3.05, 3.63) is 71.9 Å². The first-order valence-electron chi connectivity index (χ1n) is 8.88. The molecule has 6 nitrogen and oxygen atoms in total. The first-order chi connectivity index (χ1) is 13.4. The molecule has 0 spiro atoms. The van der Waals surface area contributed by atoms with E-state index in [1.807, 2.05) is 49.4 Å². The fourth-order valence-electron chi connectivity index (χ4n) is 2.98. The zero-order valence-corrected chi connectivity index (χ0v) is 16.6. The molecule has 3 aromatic rings. The third-order valence-corrected chi connectivity index (χ3v) is 6.30. The molecule has 0 saturated carbocycles. The minimum Gasteiger partial charge on any atom is -0.469 e. The minimum atomic E-state index is -3.88. The number of carbonyl (C=O) groups is 1. The molecule has 0 fully saturated rings. The topological polar surface area (TPSA) is 76.6 Å². The number of aryl methyl sites for hydroxylation is 1. The monoisotopic (exact) mass is 398 g/mol. The molecule has 0 N–H and O–H groups in total. The maximum Gasteiger partial charge on any atom is 0.306 e. The largest absolute Gasteiger partial charge is 0.469 e. The molecule has 1 aromatic heterocycles. The number of ether oxygens (including phenoxy) is 1. The standard InChI is InChI=1S/C21H22N2O4S/c1-16-13-18-9-6-10-19(21(18)22-14-16)28(25,26)23(12-11-20(24)27-2)15-17-7-4-3-5-8-17/h3-10,13-14H,11-12,15H2,1-2H3. The van der Waals surface area contributed by atoms with E-state index in [9.17, 15) is 13.2 Å². The summed E-state index contributed by atoms with van der Waals surface area (Å²) in [7, 11) is -2.59. The Hall–Kier alpha value is -2.77. The number of aromatic nitrogens is 1. The molecule has 146 valence electrons. The molecular weight excluding hydrogens is 376 g/mol. The van der Waals surface area contributed by atoms with Gasteiger partial charge in [0.15, 0.2) is 0 Å². The van der Waals surface area contributed by atoms with E-state index in [2.05, 4.69) is 9.72 Å². The lowest BCUT2D eigenvalue weighted by molar-refractivity contribution is -0.140. The van der Waals surface area contributed by atoms with Crippen molar-refractivity contribution in [1.29, 1.82) is 0 Å². The summed E-state index contributed by atoms with van der Waals surface area (Å²) in [5, 5.41) is 0.758. The number of hydrogen-bond acceptors (Lipinski definition) is 5. The fraction of sp³-hybridized carbons (Fsp3) is 0.238. The summed E-state index contributed by atoms with van der Waals surface area (Å²) in [5.41, 5.74) is 2.21. The second-order valence-corrected chi connectivity index (χ2v) is 8.40. The normalized spacial score (nSPS) is 11.7. The molecule has 0 saturated heterocycles. The zero-order valence-electron chi connectivity index (χ0n) is 15.8. The van der Waals surface area contributed by atoms with E-state index in [-0.39, 0.29) is 24.4 Å². The Bertz CT molecular complexity index is 1080. The van der Waals surface area contributed by atoms with Gasteiger partial charge in [-0.2, -0.15) is 4.31 Å². The molecule has 28 heavy (non-hydrogen) atoms. The Morgan fingerprint density at radius 2 is 1.86 bits per heavy atom. The van der Waals surface area contributed by atoms with E-state index in [1.54, 1.807) is 18.3 Å². The van der Waals surface area contributed by atoms with Crippen LogP contribution in [0.15, 0.2) is 65.7 Å². The average molecular weight is 398 g/mol. The number of para-hydroxylation sites is 1. The lowest BCUT2D eigenvalue weighted by atomic mass is 10.2. The molecule has 2 aromatic carbocycles. The fourth-order valence-corrected chi connectivity index (χ4v) is 4.57. The third kappa shape index (κ3) is 4.37. The third-order valence-electron chi connectivity index (χ3n) is 4.42. The van der Waals surface area contributed by atoms with Crippen molar-refractivity contribution in [3.8, 4) is 0 Å². The summed E-state index contributed by atoms with van der Waals surface area (Å²) >= 11 is 0. The number of pyridine rings is 1. The lowest BCUT2D eigenvalue weighted by Gasteiger charge is -2.22. The molecule has 0 amide bonds. The van der Waals surface area contributed by atoms with E-state index in [1.165, 1.54) is 11.4 Å². The molecule has 0 aliphatic carbocycles. The Morgan fingerprint density at radius 1 is 1.11 bits per heavy atom. The smallest absolute Gasteiger partial charge is 0.306 e. The van der Waals surface area contributed by atoms with Crippen LogP contribution in [0.2, 0.25) is 0 Å². The summed E-state index contributed by atoms with van der Waals surface area (Å²) in [6.45, 7) is 2.08. The number of benzene rings is 2. The van der Waals surface area contributed by atoms with Gasteiger partial charge in [-0.15, -0.1) is 0 Å². The van der Waals surface area contributed by atoms with Crippen LogP contribution >= 0.6 is 0 Å². The van der Waals surface area contributed by atoms with Crippen LogP contribution in [0, 0.1) is 6.92 Å². The van der Waals surface area contributed by atoms with E-state index in [0.717, 1.165) is 16.5 Å². The van der Waals surface area contributed by atoms with Crippen molar-refractivity contribution in [2.45, 2.75) is 24.8 Å². The van der Waals surface area contributed by atoms with Gasteiger partial charge in [0.2, 0.25) is 10.0 Å². The van der Waals surface area contributed by atoms with Gasteiger partial charge in [0, 0.05) is 24.7 Å². The first kappa shape index (κ1) is 20.0. The second-order valence-electron chi connectivity index (χ2n) is 6.49. The number of methoxy groups -OCH3 is 1. The first-order valence-corrected chi connectivity index (χ1v) is 10.3. The second kappa shape index (κ2) is 8.50. The summed E-state index contributed by atoms with van der Waals surface area (Å²) in [6.07, 6.45) is 1.62. The number of carbonyl (C=O) groups excluding carboxylic acids is 1. The van der Waals surface area contributed by atoms with E-state index in [0.29, 0.717) is 5.52 Å². The van der Waals surface area contributed by atoms with Crippen molar-refractivity contribution in [1.82, 2.24) is 9.29 Å². The molecule has 0 aliphatic heterocycles. The van der Waals surface area contributed by atoms with Gasteiger partial charge in [-0.1, -0.05) is 42.5 Å². The van der Waals surface area contributed by atoms with Crippen molar-refractivity contribution < 1.29 is 17.9 Å². The molecule has 0 aliphatic rings. The van der Waals surface area contributed by atoms with Gasteiger partial charge in [0.1, 0.15) is 4.90 Å². The van der Waals surface area contributed by atoms with Gasteiger partial charge in [-0.25, -0.2) is 8.42 Å². The molecule has 7 heteroatoms. The summed E-state index contributed by atoms with van der Waals surface area (Å²) in [5.74, 6) is -0.458. The Labute approximate surface area is 164 Å². The Morgan fingerprint density at radius 3 is 2.57 bits per heavy atom. The van der Waals surface area contributed by atoms with Crippen LogP contribution in [0.1, 0.15) is 17.5 Å². The van der Waals surface area contributed by atoms with E-state index < -0.39 is 16.0 Å². The summed E-state index contributed by atoms with van der Waals surface area (Å²) < 4.78 is 32.9. The van der Waals surface area contributed by atoms with Crippen LogP contribution in [-0.2, 0) is 26.1 Å². The number of nitrogens with zero attached hydrogens (tertiary/aromatic N) is 2. The number of sulfonamides is 1. The highest BCUT2D eigenvalue weighted by Gasteiger charge is 2.27. The molecule has 0 bridgehead atoms. The quantitative estimate of drug-likeness (QED) is 0.571. The lowest BCUT2D eigenvalue weighted by Crippen LogP contribution is -2.33. The number of esters is 1. The maximum absolute atomic E-state index is 13.5. The molecule has 0 unspecified atom stereocenters. The highest BCUT2D eigenvalue weighted by molar-refractivity contribution is 7.89. The van der Waals surface area contributed by atoms with Crippen molar-refractivity contribution in [3.63, 3.8) is 0 Å². The SMILES string of the molecule is COC(=O)CCN(Cc1ccccc1)S(=O)(=O)c1cccc2cc(C)cnc12. The predicted molar refractivity (Wildman–Crippen MR) is 107 cm³/mol. The highest BCUT2D eigenvalue weighted by atomic mass is 32.2. The minimum absolute atomic E-state index is 0.0200. The summed E-state index contributed by atoms with van der Waals surface area (Å²) in [4.78, 5) is 16.1. The van der Waals surface area contributed by atoms with Crippen LogP contribution in [0.5, 0.6) is 0 Å². The van der Waals surface area contributed by atoms with Crippen LogP contribution in [-0.4, -0.2) is 37.3 Å². The number of fused-ring (bicyclic) bond motifs is 1. The van der Waals surface area contributed by atoms with Crippen LogP contribution in [0.4, 0.5) is 0 Å². The summed E-state index contributed by atoms with van der Waals surface area (Å²) in [6, 6.07) is 16.3. The van der Waals surface area contributed by atoms with Crippen LogP contribution in [0.25, 0.3) is 10.9 Å².